The summed E-state index contributed by atoms with van der Waals surface area (Å²) in [6.07, 6.45) is 4.94. The third-order valence-electron chi connectivity index (χ3n) is 3.42. The Balaban J connectivity index is 2.37. The largest absolute Gasteiger partial charge is 0.393 e. The first-order chi connectivity index (χ1) is 7.54. The number of carbonyl (C=O) groups is 2. The fourth-order valence-electron chi connectivity index (χ4n) is 2.40. The zero-order chi connectivity index (χ0) is 12.1. The van der Waals surface area contributed by atoms with Crippen molar-refractivity contribution in [2.75, 3.05) is 0 Å². The Hall–Kier alpha value is -0.860. The van der Waals surface area contributed by atoms with Gasteiger partial charge in [-0.3, -0.25) is 9.59 Å². The summed E-state index contributed by atoms with van der Waals surface area (Å²) in [5.41, 5.74) is 0. The molecule has 3 unspecified atom stereocenters. The zero-order valence-electron chi connectivity index (χ0n) is 10.5. The van der Waals surface area contributed by atoms with Crippen LogP contribution in [0, 0.1) is 17.8 Å². The topological polar surface area (TPSA) is 43.4 Å². The van der Waals surface area contributed by atoms with E-state index < -0.39 is 0 Å². The number of esters is 2. The molecule has 0 aliphatic carbocycles. The molecule has 0 spiro atoms. The summed E-state index contributed by atoms with van der Waals surface area (Å²) in [5.74, 6) is 0.00378. The number of cyclic esters (lactones) is 2. The Bertz CT molecular complexity index is 260. The van der Waals surface area contributed by atoms with Crippen molar-refractivity contribution in [3.8, 4) is 0 Å². The normalized spacial score (nSPS) is 24.3. The average Bonchev–Trinajstić information content (AvgIpc) is 2.54. The van der Waals surface area contributed by atoms with Gasteiger partial charge in [-0.1, -0.05) is 40.0 Å². The molecule has 92 valence electrons. The van der Waals surface area contributed by atoms with Crippen LogP contribution in [-0.2, 0) is 14.3 Å². The maximum atomic E-state index is 11.4. The van der Waals surface area contributed by atoms with E-state index in [1.807, 2.05) is 6.92 Å². The van der Waals surface area contributed by atoms with Crippen molar-refractivity contribution >= 4 is 11.9 Å². The lowest BCUT2D eigenvalue weighted by Crippen LogP contribution is -2.19. The van der Waals surface area contributed by atoms with Gasteiger partial charge >= 0.3 is 11.9 Å². The smallest absolute Gasteiger partial charge is 0.317 e. The molecule has 1 aliphatic rings. The van der Waals surface area contributed by atoms with Crippen molar-refractivity contribution in [2.45, 2.75) is 52.9 Å². The monoisotopic (exact) mass is 226 g/mol. The van der Waals surface area contributed by atoms with Gasteiger partial charge < -0.3 is 4.74 Å². The molecule has 1 heterocycles. The predicted molar refractivity (Wildman–Crippen MR) is 61.7 cm³/mol. The van der Waals surface area contributed by atoms with Gasteiger partial charge in [0.05, 0.1) is 12.3 Å². The summed E-state index contributed by atoms with van der Waals surface area (Å²) in [4.78, 5) is 22.4. The first-order valence-electron chi connectivity index (χ1n) is 6.29. The van der Waals surface area contributed by atoms with Crippen LogP contribution >= 0.6 is 0 Å². The van der Waals surface area contributed by atoms with E-state index in [-0.39, 0.29) is 30.2 Å². The van der Waals surface area contributed by atoms with Crippen LogP contribution in [0.15, 0.2) is 0 Å². The highest BCUT2D eigenvalue weighted by Crippen LogP contribution is 2.30. The van der Waals surface area contributed by atoms with Gasteiger partial charge in [0.1, 0.15) is 0 Å². The number of hydrogen-bond acceptors (Lipinski definition) is 3. The minimum absolute atomic E-state index is 0.198. The van der Waals surface area contributed by atoms with Crippen LogP contribution < -0.4 is 0 Å². The Kier molecular flexibility index (Phi) is 4.97. The third kappa shape index (κ3) is 3.62. The van der Waals surface area contributed by atoms with Crippen LogP contribution in [0.5, 0.6) is 0 Å². The van der Waals surface area contributed by atoms with E-state index in [1.165, 1.54) is 19.3 Å². The Labute approximate surface area is 97.5 Å². The molecular weight excluding hydrogens is 204 g/mol. The number of hydrogen-bond donors (Lipinski definition) is 0. The first kappa shape index (κ1) is 13.2. The van der Waals surface area contributed by atoms with Gasteiger partial charge in [0, 0.05) is 0 Å². The van der Waals surface area contributed by atoms with Crippen molar-refractivity contribution in [3.05, 3.63) is 0 Å². The quantitative estimate of drug-likeness (QED) is 0.516. The second kappa shape index (κ2) is 6.02. The summed E-state index contributed by atoms with van der Waals surface area (Å²) in [7, 11) is 0. The van der Waals surface area contributed by atoms with Gasteiger partial charge in [-0.2, -0.15) is 0 Å². The van der Waals surface area contributed by atoms with Crippen LogP contribution in [0.3, 0.4) is 0 Å². The standard InChI is InChI=1S/C13H22O3/c1-4-5-6-9(2)7-10(3)11-8-12(14)16-13(11)15/h9-11H,4-8H2,1-3H3. The van der Waals surface area contributed by atoms with Crippen molar-refractivity contribution < 1.29 is 14.3 Å². The van der Waals surface area contributed by atoms with Crippen LogP contribution in [0.25, 0.3) is 0 Å². The lowest BCUT2D eigenvalue weighted by atomic mass is 9.84. The summed E-state index contributed by atoms with van der Waals surface area (Å²) >= 11 is 0. The van der Waals surface area contributed by atoms with Crippen LogP contribution in [-0.4, -0.2) is 11.9 Å². The van der Waals surface area contributed by atoms with Gasteiger partial charge in [0.2, 0.25) is 0 Å². The molecule has 0 aromatic rings. The second-order valence-corrected chi connectivity index (χ2v) is 5.06. The fraction of sp³-hybridized carbons (Fsp3) is 0.846. The van der Waals surface area contributed by atoms with Gasteiger partial charge in [-0.15, -0.1) is 0 Å². The molecule has 3 heteroatoms. The molecule has 0 saturated carbocycles. The molecule has 3 nitrogen and oxygen atoms in total. The molecular formula is C13H22O3. The summed E-state index contributed by atoms with van der Waals surface area (Å²) in [6.45, 7) is 6.45. The molecule has 0 bridgehead atoms. The minimum Gasteiger partial charge on any atom is -0.393 e. The Morgan fingerprint density at radius 2 is 2.06 bits per heavy atom. The van der Waals surface area contributed by atoms with E-state index in [4.69, 9.17) is 0 Å². The van der Waals surface area contributed by atoms with Gasteiger partial charge in [0.25, 0.3) is 0 Å². The van der Waals surface area contributed by atoms with E-state index >= 15 is 0 Å². The fourth-order valence-corrected chi connectivity index (χ4v) is 2.40. The van der Waals surface area contributed by atoms with E-state index in [1.54, 1.807) is 0 Å². The molecule has 0 radical (unpaired) electrons. The summed E-state index contributed by atoms with van der Waals surface area (Å²) in [5, 5.41) is 0. The minimum atomic E-state index is -0.358. The second-order valence-electron chi connectivity index (χ2n) is 5.06. The van der Waals surface area contributed by atoms with E-state index in [0.29, 0.717) is 5.92 Å². The number of ether oxygens (including phenoxy) is 1. The SMILES string of the molecule is CCCCC(C)CC(C)C1CC(=O)OC1=O. The maximum Gasteiger partial charge on any atom is 0.317 e. The molecule has 1 rings (SSSR count). The van der Waals surface area contributed by atoms with E-state index in [2.05, 4.69) is 18.6 Å². The van der Waals surface area contributed by atoms with Crippen molar-refractivity contribution in [1.82, 2.24) is 0 Å². The van der Waals surface area contributed by atoms with Crippen LogP contribution in [0.1, 0.15) is 52.9 Å². The van der Waals surface area contributed by atoms with Crippen molar-refractivity contribution in [1.29, 1.82) is 0 Å². The van der Waals surface area contributed by atoms with E-state index in [9.17, 15) is 9.59 Å². The molecule has 0 N–H and O–H groups in total. The number of rotatable bonds is 6. The molecule has 0 amide bonds. The highest BCUT2D eigenvalue weighted by molar-refractivity contribution is 5.94. The molecule has 3 atom stereocenters. The molecule has 1 saturated heterocycles. The predicted octanol–water partition coefficient (Wildman–Crippen LogP) is 2.93. The van der Waals surface area contributed by atoms with Crippen molar-refractivity contribution in [2.24, 2.45) is 17.8 Å². The number of carbonyl (C=O) groups excluding carboxylic acids is 2. The highest BCUT2D eigenvalue weighted by atomic mass is 16.6. The summed E-state index contributed by atoms with van der Waals surface area (Å²) in [6, 6.07) is 0. The first-order valence-corrected chi connectivity index (χ1v) is 6.29. The molecule has 0 aromatic carbocycles. The molecule has 1 aliphatic heterocycles. The maximum absolute atomic E-state index is 11.4. The van der Waals surface area contributed by atoms with Gasteiger partial charge in [0.15, 0.2) is 0 Å². The zero-order valence-corrected chi connectivity index (χ0v) is 10.5. The molecule has 0 aromatic heterocycles. The lowest BCUT2D eigenvalue weighted by Gasteiger charge is -2.19. The van der Waals surface area contributed by atoms with Crippen LogP contribution in [0.4, 0.5) is 0 Å². The lowest BCUT2D eigenvalue weighted by molar-refractivity contribution is -0.153. The molecule has 1 fully saturated rings. The Morgan fingerprint density at radius 3 is 2.56 bits per heavy atom. The van der Waals surface area contributed by atoms with E-state index in [0.717, 1.165) is 6.42 Å². The van der Waals surface area contributed by atoms with Gasteiger partial charge in [-0.25, -0.2) is 0 Å². The van der Waals surface area contributed by atoms with Crippen LogP contribution in [0.2, 0.25) is 0 Å². The summed E-state index contributed by atoms with van der Waals surface area (Å²) < 4.78 is 4.58. The van der Waals surface area contributed by atoms with Gasteiger partial charge in [-0.05, 0) is 18.3 Å². The highest BCUT2D eigenvalue weighted by Gasteiger charge is 2.37. The average molecular weight is 226 g/mol. The molecule has 16 heavy (non-hydrogen) atoms. The Morgan fingerprint density at radius 1 is 1.38 bits per heavy atom. The third-order valence-corrected chi connectivity index (χ3v) is 3.42. The number of unbranched alkanes of at least 4 members (excludes halogenated alkanes) is 1. The van der Waals surface area contributed by atoms with Crippen molar-refractivity contribution in [3.63, 3.8) is 0 Å².